The van der Waals surface area contributed by atoms with Crippen molar-refractivity contribution in [1.82, 2.24) is 9.97 Å². The number of aromatic hydroxyl groups is 1. The summed E-state index contributed by atoms with van der Waals surface area (Å²) in [5, 5.41) is 9.30. The van der Waals surface area contributed by atoms with Crippen molar-refractivity contribution in [2.24, 2.45) is 0 Å². The number of hydrogen-bond acceptors (Lipinski definition) is 4. The minimum atomic E-state index is -0.315. The first-order chi connectivity index (χ1) is 6.70. The average molecular weight is 192 g/mol. The third-order valence-corrected chi connectivity index (χ3v) is 1.85. The number of benzene rings is 1. The predicted molar refractivity (Wildman–Crippen MR) is 50.6 cm³/mol. The quantitative estimate of drug-likeness (QED) is 0.695. The van der Waals surface area contributed by atoms with Crippen molar-refractivity contribution in [2.45, 2.75) is 0 Å². The minimum Gasteiger partial charge on any atom is -0.508 e. The molecule has 0 bridgehead atoms. The summed E-state index contributed by atoms with van der Waals surface area (Å²) in [7, 11) is 1.47. The normalized spacial score (nSPS) is 10.4. The Kier molecular flexibility index (Phi) is 1.85. The summed E-state index contributed by atoms with van der Waals surface area (Å²) in [4.78, 5) is 17.4. The van der Waals surface area contributed by atoms with Crippen molar-refractivity contribution >= 4 is 11.0 Å². The van der Waals surface area contributed by atoms with Crippen molar-refractivity contribution in [1.29, 1.82) is 0 Å². The monoisotopic (exact) mass is 192 g/mol. The molecule has 1 aromatic carbocycles. The Labute approximate surface area is 79.0 Å². The predicted octanol–water partition coefficient (Wildman–Crippen LogP) is 0.637. The summed E-state index contributed by atoms with van der Waals surface area (Å²) in [6.07, 6.45) is 1.17. The Morgan fingerprint density at radius 3 is 3.00 bits per heavy atom. The molecule has 0 fully saturated rings. The molecule has 14 heavy (non-hydrogen) atoms. The molecule has 2 N–H and O–H groups in total. The number of phenols is 1. The van der Waals surface area contributed by atoms with Crippen LogP contribution in [0.4, 0.5) is 0 Å². The number of nitrogens with zero attached hydrogens (tertiary/aromatic N) is 1. The third kappa shape index (κ3) is 1.28. The zero-order valence-electron chi connectivity index (χ0n) is 7.44. The van der Waals surface area contributed by atoms with Crippen LogP contribution in [0.15, 0.2) is 23.1 Å². The highest BCUT2D eigenvalue weighted by Gasteiger charge is 2.05. The van der Waals surface area contributed by atoms with E-state index in [1.54, 1.807) is 0 Å². The van der Waals surface area contributed by atoms with Crippen molar-refractivity contribution in [2.75, 3.05) is 7.11 Å². The maximum Gasteiger partial charge on any atom is 0.266 e. The van der Waals surface area contributed by atoms with Gasteiger partial charge in [-0.05, 0) is 0 Å². The van der Waals surface area contributed by atoms with E-state index in [0.717, 1.165) is 0 Å². The average Bonchev–Trinajstić information content (AvgIpc) is 2.15. The lowest BCUT2D eigenvalue weighted by molar-refractivity contribution is 0.412. The van der Waals surface area contributed by atoms with Gasteiger partial charge in [-0.25, -0.2) is 4.98 Å². The van der Waals surface area contributed by atoms with Gasteiger partial charge < -0.3 is 14.8 Å². The van der Waals surface area contributed by atoms with E-state index in [9.17, 15) is 9.90 Å². The van der Waals surface area contributed by atoms with Gasteiger partial charge >= 0.3 is 0 Å². The number of ether oxygens (including phenoxy) is 1. The van der Waals surface area contributed by atoms with E-state index in [-0.39, 0.29) is 11.3 Å². The van der Waals surface area contributed by atoms with E-state index in [1.807, 2.05) is 0 Å². The number of phenolic OH excluding ortho intramolecular Hbond substituents is 1. The molecule has 0 amide bonds. The molecule has 0 unspecified atom stereocenters. The van der Waals surface area contributed by atoms with E-state index in [1.165, 1.54) is 25.4 Å². The number of aromatic nitrogens is 2. The first kappa shape index (κ1) is 8.55. The number of aromatic amines is 1. The molecule has 5 nitrogen and oxygen atoms in total. The Morgan fingerprint density at radius 2 is 2.29 bits per heavy atom. The summed E-state index contributed by atoms with van der Waals surface area (Å²) in [5.41, 5.74) is 0.657. The number of nitrogens with one attached hydrogen (secondary N) is 1. The lowest BCUT2D eigenvalue weighted by atomic mass is 10.2. The molecular formula is C9H8N2O3. The van der Waals surface area contributed by atoms with Gasteiger partial charge in [0, 0.05) is 12.1 Å². The molecule has 0 saturated heterocycles. The third-order valence-electron chi connectivity index (χ3n) is 1.85. The zero-order valence-corrected chi connectivity index (χ0v) is 7.44. The number of rotatable bonds is 1. The molecule has 5 heteroatoms. The van der Waals surface area contributed by atoms with Crippen molar-refractivity contribution < 1.29 is 9.84 Å². The van der Waals surface area contributed by atoms with Crippen molar-refractivity contribution in [3.8, 4) is 11.5 Å². The molecular weight excluding hydrogens is 184 g/mol. The Morgan fingerprint density at radius 1 is 1.50 bits per heavy atom. The van der Waals surface area contributed by atoms with Crippen LogP contribution in [0.25, 0.3) is 11.0 Å². The van der Waals surface area contributed by atoms with Gasteiger partial charge in [-0.15, -0.1) is 0 Å². The van der Waals surface area contributed by atoms with Crippen LogP contribution in [0.2, 0.25) is 0 Å². The lowest BCUT2D eigenvalue weighted by Gasteiger charge is -2.04. The van der Waals surface area contributed by atoms with E-state index >= 15 is 0 Å². The summed E-state index contributed by atoms with van der Waals surface area (Å²) in [6.45, 7) is 0. The number of methoxy groups -OCH3 is 1. The van der Waals surface area contributed by atoms with Crippen LogP contribution < -0.4 is 10.3 Å². The lowest BCUT2D eigenvalue weighted by Crippen LogP contribution is -2.05. The summed E-state index contributed by atoms with van der Waals surface area (Å²) in [6, 6.07) is 2.86. The fourth-order valence-corrected chi connectivity index (χ4v) is 1.27. The van der Waals surface area contributed by atoms with E-state index in [4.69, 9.17) is 4.74 Å². The Hall–Kier alpha value is -2.04. The second kappa shape index (κ2) is 3.02. The highest BCUT2D eigenvalue weighted by Crippen LogP contribution is 2.26. The van der Waals surface area contributed by atoms with E-state index in [2.05, 4.69) is 9.97 Å². The second-order valence-electron chi connectivity index (χ2n) is 2.79. The molecule has 72 valence electrons. The van der Waals surface area contributed by atoms with Gasteiger partial charge in [0.05, 0.1) is 18.8 Å². The largest absolute Gasteiger partial charge is 0.508 e. The van der Waals surface area contributed by atoms with Gasteiger partial charge in [0.1, 0.15) is 17.0 Å². The fraction of sp³-hybridized carbons (Fsp3) is 0.111. The van der Waals surface area contributed by atoms with E-state index < -0.39 is 0 Å². The molecule has 0 radical (unpaired) electrons. The highest BCUT2D eigenvalue weighted by atomic mass is 16.5. The molecule has 0 atom stereocenters. The molecule has 0 spiro atoms. The minimum absolute atomic E-state index is 0.0259. The van der Waals surface area contributed by atoms with Crippen LogP contribution in [0.5, 0.6) is 11.5 Å². The maximum atomic E-state index is 11.0. The SMILES string of the molecule is COc1cc(O)cc2[nH]c(=O)cnc12. The summed E-state index contributed by atoms with van der Waals surface area (Å²) < 4.78 is 5.00. The van der Waals surface area contributed by atoms with Crippen LogP contribution in [-0.2, 0) is 0 Å². The van der Waals surface area contributed by atoms with Gasteiger partial charge in [0.15, 0.2) is 0 Å². The van der Waals surface area contributed by atoms with Crippen LogP contribution in [0, 0.1) is 0 Å². The standard InChI is InChI=1S/C9H8N2O3/c1-14-7-3-5(12)2-6-9(7)10-4-8(13)11-6/h2-4,12H,1H3,(H,11,13). The highest BCUT2D eigenvalue weighted by molar-refractivity contribution is 5.82. The molecule has 0 aliphatic carbocycles. The van der Waals surface area contributed by atoms with Crippen LogP contribution in [0.1, 0.15) is 0 Å². The number of hydrogen-bond donors (Lipinski definition) is 2. The van der Waals surface area contributed by atoms with E-state index in [0.29, 0.717) is 16.8 Å². The number of fused-ring (bicyclic) bond motifs is 1. The van der Waals surface area contributed by atoms with Crippen molar-refractivity contribution in [3.63, 3.8) is 0 Å². The van der Waals surface area contributed by atoms with Crippen LogP contribution >= 0.6 is 0 Å². The molecule has 1 heterocycles. The first-order valence-electron chi connectivity index (χ1n) is 3.97. The van der Waals surface area contributed by atoms with Gasteiger partial charge in [-0.2, -0.15) is 0 Å². The van der Waals surface area contributed by atoms with Gasteiger partial charge in [0.25, 0.3) is 5.56 Å². The molecule has 2 rings (SSSR count). The molecule has 1 aromatic heterocycles. The Balaban J connectivity index is 2.87. The molecule has 0 aliphatic rings. The fourth-order valence-electron chi connectivity index (χ4n) is 1.27. The molecule has 2 aromatic rings. The van der Waals surface area contributed by atoms with Gasteiger partial charge in [-0.1, -0.05) is 0 Å². The summed E-state index contributed by atoms with van der Waals surface area (Å²) >= 11 is 0. The molecule has 0 aliphatic heterocycles. The zero-order chi connectivity index (χ0) is 10.1. The van der Waals surface area contributed by atoms with Gasteiger partial charge in [-0.3, -0.25) is 4.79 Å². The first-order valence-corrected chi connectivity index (χ1v) is 3.97. The Bertz CT molecular complexity index is 533. The molecule has 0 saturated carbocycles. The topological polar surface area (TPSA) is 75.2 Å². The van der Waals surface area contributed by atoms with Crippen LogP contribution in [-0.4, -0.2) is 22.2 Å². The maximum absolute atomic E-state index is 11.0. The second-order valence-corrected chi connectivity index (χ2v) is 2.79. The van der Waals surface area contributed by atoms with Gasteiger partial charge in [0.2, 0.25) is 0 Å². The van der Waals surface area contributed by atoms with Crippen molar-refractivity contribution in [3.05, 3.63) is 28.7 Å². The smallest absolute Gasteiger partial charge is 0.266 e. The summed E-state index contributed by atoms with van der Waals surface area (Å²) in [5.74, 6) is 0.453. The number of H-pyrrole nitrogens is 1. The van der Waals surface area contributed by atoms with Crippen LogP contribution in [0.3, 0.4) is 0 Å².